The second-order valence-electron chi connectivity index (χ2n) is 3.38. The maximum absolute atomic E-state index is 11.9. The van der Waals surface area contributed by atoms with Crippen molar-refractivity contribution in [3.05, 3.63) is 43.7 Å². The zero-order valence-electron chi connectivity index (χ0n) is 8.27. The Morgan fingerprint density at radius 2 is 2.06 bits per heavy atom. The largest absolute Gasteiger partial charge is 0.356 e. The van der Waals surface area contributed by atoms with Crippen LogP contribution in [0.2, 0.25) is 10.0 Å². The fraction of sp³-hybridized carbons (Fsp3) is 0.0909. The molecule has 1 aromatic heterocycles. The molecule has 2 rings (SSSR count). The first-order valence-corrected chi connectivity index (χ1v) is 5.22. The van der Waals surface area contributed by atoms with Crippen molar-refractivity contribution in [1.82, 2.24) is 4.98 Å². The first-order chi connectivity index (χ1) is 7.54. The highest BCUT2D eigenvalue weighted by Gasteiger charge is 2.11. The van der Waals surface area contributed by atoms with Gasteiger partial charge in [-0.05, 0) is 19.1 Å². The number of aromatic nitrogens is 1. The number of H-pyrrole nitrogens is 1. The van der Waals surface area contributed by atoms with Gasteiger partial charge in [0.25, 0.3) is 0 Å². The van der Waals surface area contributed by atoms with E-state index in [0.717, 1.165) is 0 Å². The van der Waals surface area contributed by atoms with Crippen LogP contribution < -0.4 is 5.43 Å². The van der Waals surface area contributed by atoms with Crippen LogP contribution in [0.1, 0.15) is 11.3 Å². The van der Waals surface area contributed by atoms with Gasteiger partial charge in [-0.25, -0.2) is 0 Å². The predicted molar refractivity (Wildman–Crippen MR) is 64.0 cm³/mol. The fourth-order valence-electron chi connectivity index (χ4n) is 1.57. The lowest BCUT2D eigenvalue weighted by Gasteiger charge is -2.04. The summed E-state index contributed by atoms with van der Waals surface area (Å²) in [6.45, 7) is 1.66. The Hall–Kier alpha value is -1.50. The monoisotopic (exact) mass is 252 g/mol. The minimum atomic E-state index is -0.349. The van der Waals surface area contributed by atoms with Crippen LogP contribution >= 0.6 is 23.2 Å². The van der Waals surface area contributed by atoms with Gasteiger partial charge in [0.1, 0.15) is 11.6 Å². The zero-order chi connectivity index (χ0) is 11.9. The number of aromatic amines is 1. The molecular weight excluding hydrogens is 247 g/mol. The highest BCUT2D eigenvalue weighted by molar-refractivity contribution is 6.38. The van der Waals surface area contributed by atoms with Crippen LogP contribution in [-0.4, -0.2) is 4.98 Å². The van der Waals surface area contributed by atoms with Crippen LogP contribution in [-0.2, 0) is 0 Å². The number of nitriles is 1. The number of halogens is 2. The molecule has 0 saturated carbocycles. The molecule has 2 aromatic rings. The molecule has 0 saturated heterocycles. The molecule has 0 unspecified atom stereocenters. The molecule has 0 radical (unpaired) electrons. The number of rotatable bonds is 0. The minimum absolute atomic E-state index is 0.0887. The Morgan fingerprint density at radius 3 is 2.69 bits per heavy atom. The van der Waals surface area contributed by atoms with Gasteiger partial charge < -0.3 is 4.98 Å². The summed E-state index contributed by atoms with van der Waals surface area (Å²) >= 11 is 11.8. The topological polar surface area (TPSA) is 56.6 Å². The van der Waals surface area contributed by atoms with E-state index in [-0.39, 0.29) is 11.0 Å². The Bertz CT molecular complexity index is 683. The SMILES string of the molecule is Cc1[nH]c2c(Cl)cc(Cl)cc2c(=O)c1C#N. The molecule has 0 bridgehead atoms. The van der Waals surface area contributed by atoms with Crippen molar-refractivity contribution in [2.75, 3.05) is 0 Å². The van der Waals surface area contributed by atoms with Gasteiger partial charge in [-0.3, -0.25) is 4.79 Å². The van der Waals surface area contributed by atoms with Crippen molar-refractivity contribution in [2.45, 2.75) is 6.92 Å². The number of aryl methyl sites for hydroxylation is 1. The van der Waals surface area contributed by atoms with E-state index in [1.165, 1.54) is 6.07 Å². The molecule has 1 N–H and O–H groups in total. The van der Waals surface area contributed by atoms with Gasteiger partial charge in [-0.1, -0.05) is 23.2 Å². The summed E-state index contributed by atoms with van der Waals surface area (Å²) < 4.78 is 0. The molecule has 80 valence electrons. The number of hydrogen-bond acceptors (Lipinski definition) is 2. The number of pyridine rings is 1. The van der Waals surface area contributed by atoms with Gasteiger partial charge in [0.2, 0.25) is 5.43 Å². The second-order valence-corrected chi connectivity index (χ2v) is 4.22. The average Bonchev–Trinajstić information content (AvgIpc) is 2.21. The molecular formula is C11H6Cl2N2O. The standard InChI is InChI=1S/C11H6Cl2N2O/c1-5-8(4-14)11(16)7-2-6(12)3-9(13)10(7)15-5/h2-3H,1H3,(H,15,16). The summed E-state index contributed by atoms with van der Waals surface area (Å²) in [6.07, 6.45) is 0. The third-order valence-electron chi connectivity index (χ3n) is 2.33. The van der Waals surface area contributed by atoms with Gasteiger partial charge in [0, 0.05) is 16.1 Å². The van der Waals surface area contributed by atoms with E-state index < -0.39 is 0 Å². The highest BCUT2D eigenvalue weighted by atomic mass is 35.5. The molecule has 1 aromatic carbocycles. The number of fused-ring (bicyclic) bond motifs is 1. The van der Waals surface area contributed by atoms with Crippen LogP contribution in [0, 0.1) is 18.3 Å². The van der Waals surface area contributed by atoms with Crippen molar-refractivity contribution in [2.24, 2.45) is 0 Å². The van der Waals surface area contributed by atoms with E-state index in [4.69, 9.17) is 28.5 Å². The predicted octanol–water partition coefficient (Wildman–Crippen LogP) is 3.02. The van der Waals surface area contributed by atoms with Gasteiger partial charge in [-0.2, -0.15) is 5.26 Å². The minimum Gasteiger partial charge on any atom is -0.356 e. The lowest BCUT2D eigenvalue weighted by atomic mass is 10.1. The third-order valence-corrected chi connectivity index (χ3v) is 2.84. The van der Waals surface area contributed by atoms with Crippen molar-refractivity contribution in [3.63, 3.8) is 0 Å². The van der Waals surface area contributed by atoms with Gasteiger partial charge in [0.15, 0.2) is 0 Å². The molecule has 1 heterocycles. The Balaban J connectivity index is 3.07. The summed E-state index contributed by atoms with van der Waals surface area (Å²) in [5.74, 6) is 0. The Kier molecular flexibility index (Phi) is 2.63. The summed E-state index contributed by atoms with van der Waals surface area (Å²) in [5.41, 5.74) is 0.751. The van der Waals surface area contributed by atoms with E-state index in [2.05, 4.69) is 4.98 Å². The molecule has 0 amide bonds. The van der Waals surface area contributed by atoms with Crippen molar-refractivity contribution < 1.29 is 0 Å². The maximum Gasteiger partial charge on any atom is 0.207 e. The van der Waals surface area contributed by atoms with Gasteiger partial charge in [-0.15, -0.1) is 0 Å². The summed E-state index contributed by atoms with van der Waals surface area (Å²) in [4.78, 5) is 14.9. The average molecular weight is 253 g/mol. The third kappa shape index (κ3) is 1.57. The normalized spacial score (nSPS) is 10.4. The number of hydrogen-bond donors (Lipinski definition) is 1. The van der Waals surface area contributed by atoms with Crippen molar-refractivity contribution in [1.29, 1.82) is 5.26 Å². The first-order valence-electron chi connectivity index (χ1n) is 4.46. The molecule has 0 aliphatic heterocycles. The maximum atomic E-state index is 11.9. The number of nitrogens with zero attached hydrogens (tertiary/aromatic N) is 1. The van der Waals surface area contributed by atoms with Crippen molar-refractivity contribution >= 4 is 34.1 Å². The lowest BCUT2D eigenvalue weighted by Crippen LogP contribution is -2.10. The highest BCUT2D eigenvalue weighted by Crippen LogP contribution is 2.25. The van der Waals surface area contributed by atoms with Crippen molar-refractivity contribution in [3.8, 4) is 6.07 Å². The molecule has 0 fully saturated rings. The summed E-state index contributed by atoms with van der Waals surface area (Å²) in [5, 5.41) is 9.93. The molecule has 0 aliphatic rings. The summed E-state index contributed by atoms with van der Waals surface area (Å²) in [7, 11) is 0. The quantitative estimate of drug-likeness (QED) is 0.784. The Morgan fingerprint density at radius 1 is 1.38 bits per heavy atom. The molecule has 0 atom stereocenters. The van der Waals surface area contributed by atoms with Crippen LogP contribution in [0.25, 0.3) is 10.9 Å². The number of benzene rings is 1. The van der Waals surface area contributed by atoms with Crippen LogP contribution in [0.3, 0.4) is 0 Å². The van der Waals surface area contributed by atoms with Gasteiger partial charge >= 0.3 is 0 Å². The zero-order valence-corrected chi connectivity index (χ0v) is 9.78. The van der Waals surface area contributed by atoms with Crippen LogP contribution in [0.15, 0.2) is 16.9 Å². The molecule has 0 spiro atoms. The molecule has 5 heteroatoms. The van der Waals surface area contributed by atoms with E-state index in [1.807, 2.05) is 6.07 Å². The van der Waals surface area contributed by atoms with E-state index in [0.29, 0.717) is 26.6 Å². The van der Waals surface area contributed by atoms with Gasteiger partial charge in [0.05, 0.1) is 10.5 Å². The summed E-state index contributed by atoms with van der Waals surface area (Å²) in [6, 6.07) is 4.92. The lowest BCUT2D eigenvalue weighted by molar-refractivity contribution is 1.21. The first kappa shape index (κ1) is 11.0. The molecule has 16 heavy (non-hydrogen) atoms. The second kappa shape index (κ2) is 3.82. The van der Waals surface area contributed by atoms with Crippen LogP contribution in [0.4, 0.5) is 0 Å². The van der Waals surface area contributed by atoms with E-state index in [1.54, 1.807) is 13.0 Å². The number of nitrogens with one attached hydrogen (secondary N) is 1. The molecule has 0 aliphatic carbocycles. The Labute approximate surface area is 101 Å². The van der Waals surface area contributed by atoms with E-state index >= 15 is 0 Å². The smallest absolute Gasteiger partial charge is 0.207 e. The van der Waals surface area contributed by atoms with Crippen LogP contribution in [0.5, 0.6) is 0 Å². The fourth-order valence-corrected chi connectivity index (χ4v) is 2.11. The molecule has 3 nitrogen and oxygen atoms in total. The van der Waals surface area contributed by atoms with E-state index in [9.17, 15) is 4.79 Å².